The minimum atomic E-state index is 0.207. The lowest BCUT2D eigenvalue weighted by molar-refractivity contribution is 0.260. The summed E-state index contributed by atoms with van der Waals surface area (Å²) in [6.45, 7) is 1.93. The van der Waals surface area contributed by atoms with Crippen LogP contribution in [0.1, 0.15) is 11.8 Å². The zero-order valence-corrected chi connectivity index (χ0v) is 9.92. The molecule has 1 aromatic carbocycles. The number of aromatic nitrogens is 2. The fourth-order valence-corrected chi connectivity index (χ4v) is 1.40. The van der Waals surface area contributed by atoms with E-state index in [2.05, 4.69) is 10.2 Å². The van der Waals surface area contributed by atoms with E-state index < -0.39 is 0 Å². The standard InChI is InChI=1S/C10H8Cl2N2O2/c1-6-13-14-10(16-6)5-15-7-2-3-8(11)9(12)4-7/h2-4H,5H2,1H3. The van der Waals surface area contributed by atoms with Crippen LogP contribution in [-0.4, -0.2) is 10.2 Å². The zero-order chi connectivity index (χ0) is 11.5. The molecule has 0 aliphatic rings. The molecule has 1 aromatic heterocycles. The summed E-state index contributed by atoms with van der Waals surface area (Å²) in [4.78, 5) is 0. The molecule has 0 radical (unpaired) electrons. The maximum absolute atomic E-state index is 5.84. The van der Waals surface area contributed by atoms with Crippen molar-refractivity contribution in [3.63, 3.8) is 0 Å². The van der Waals surface area contributed by atoms with E-state index in [1.165, 1.54) is 0 Å². The van der Waals surface area contributed by atoms with Crippen LogP contribution in [0.2, 0.25) is 10.0 Å². The van der Waals surface area contributed by atoms with Gasteiger partial charge in [-0.2, -0.15) is 0 Å². The molecule has 2 aromatic rings. The Morgan fingerprint density at radius 2 is 2.06 bits per heavy atom. The number of halogens is 2. The van der Waals surface area contributed by atoms with Crippen molar-refractivity contribution in [1.82, 2.24) is 10.2 Å². The summed E-state index contributed by atoms with van der Waals surface area (Å²) < 4.78 is 10.6. The minimum Gasteiger partial charge on any atom is -0.484 e. The van der Waals surface area contributed by atoms with Crippen LogP contribution in [0.15, 0.2) is 22.6 Å². The van der Waals surface area contributed by atoms with Crippen molar-refractivity contribution >= 4 is 23.2 Å². The molecule has 0 N–H and O–H groups in total. The van der Waals surface area contributed by atoms with Crippen molar-refractivity contribution in [3.05, 3.63) is 40.0 Å². The first-order valence-corrected chi connectivity index (χ1v) is 5.27. The number of hydrogen-bond acceptors (Lipinski definition) is 4. The molecule has 0 aliphatic heterocycles. The van der Waals surface area contributed by atoms with E-state index in [-0.39, 0.29) is 6.61 Å². The number of rotatable bonds is 3. The van der Waals surface area contributed by atoms with E-state index >= 15 is 0 Å². The third-order valence-electron chi connectivity index (χ3n) is 1.82. The van der Waals surface area contributed by atoms with Gasteiger partial charge in [0.1, 0.15) is 5.75 Å². The molecule has 0 saturated heterocycles. The van der Waals surface area contributed by atoms with Crippen LogP contribution in [0.5, 0.6) is 5.75 Å². The summed E-state index contributed by atoms with van der Waals surface area (Å²) in [5.74, 6) is 1.53. The maximum Gasteiger partial charge on any atom is 0.253 e. The molecule has 6 heteroatoms. The minimum absolute atomic E-state index is 0.207. The Bertz CT molecular complexity index is 499. The van der Waals surface area contributed by atoms with Gasteiger partial charge in [0.05, 0.1) is 10.0 Å². The average Bonchev–Trinajstić information content (AvgIpc) is 2.66. The Balaban J connectivity index is 2.02. The monoisotopic (exact) mass is 258 g/mol. The Kier molecular flexibility index (Phi) is 3.31. The summed E-state index contributed by atoms with van der Waals surface area (Å²) in [7, 11) is 0. The smallest absolute Gasteiger partial charge is 0.253 e. The quantitative estimate of drug-likeness (QED) is 0.848. The maximum atomic E-state index is 5.84. The van der Waals surface area contributed by atoms with E-state index in [1.54, 1.807) is 25.1 Å². The van der Waals surface area contributed by atoms with Crippen molar-refractivity contribution in [1.29, 1.82) is 0 Å². The van der Waals surface area contributed by atoms with E-state index in [1.807, 2.05) is 0 Å². The fourth-order valence-electron chi connectivity index (χ4n) is 1.11. The lowest BCUT2D eigenvalue weighted by atomic mass is 10.3. The number of nitrogens with zero attached hydrogens (tertiary/aromatic N) is 2. The molecule has 0 aliphatic carbocycles. The molecule has 0 unspecified atom stereocenters. The third-order valence-corrected chi connectivity index (χ3v) is 2.56. The second-order valence-corrected chi connectivity index (χ2v) is 3.89. The van der Waals surface area contributed by atoms with Crippen molar-refractivity contribution < 1.29 is 9.15 Å². The van der Waals surface area contributed by atoms with Crippen LogP contribution in [0.3, 0.4) is 0 Å². The number of benzene rings is 1. The van der Waals surface area contributed by atoms with Gasteiger partial charge >= 0.3 is 0 Å². The van der Waals surface area contributed by atoms with Crippen LogP contribution < -0.4 is 4.74 Å². The molecule has 0 atom stereocenters. The van der Waals surface area contributed by atoms with E-state index in [0.717, 1.165) is 0 Å². The van der Waals surface area contributed by atoms with E-state index in [4.69, 9.17) is 32.4 Å². The van der Waals surface area contributed by atoms with Crippen LogP contribution in [0, 0.1) is 6.92 Å². The topological polar surface area (TPSA) is 48.2 Å². The largest absolute Gasteiger partial charge is 0.484 e. The highest BCUT2D eigenvalue weighted by atomic mass is 35.5. The molecule has 0 fully saturated rings. The van der Waals surface area contributed by atoms with E-state index in [9.17, 15) is 0 Å². The summed E-state index contributed by atoms with van der Waals surface area (Å²) in [5.41, 5.74) is 0. The normalized spacial score (nSPS) is 10.4. The van der Waals surface area contributed by atoms with Gasteiger partial charge in [-0.25, -0.2) is 0 Å². The molecule has 0 bridgehead atoms. The molecular weight excluding hydrogens is 251 g/mol. The molecule has 0 spiro atoms. The van der Waals surface area contributed by atoms with Gasteiger partial charge in [0.2, 0.25) is 5.89 Å². The predicted molar refractivity (Wildman–Crippen MR) is 59.8 cm³/mol. The number of aryl methyl sites for hydroxylation is 1. The molecule has 2 rings (SSSR count). The molecule has 84 valence electrons. The molecular formula is C10H8Cl2N2O2. The zero-order valence-electron chi connectivity index (χ0n) is 8.41. The van der Waals surface area contributed by atoms with Crippen LogP contribution in [-0.2, 0) is 6.61 Å². The highest BCUT2D eigenvalue weighted by Gasteiger charge is 2.04. The second kappa shape index (κ2) is 4.72. The van der Waals surface area contributed by atoms with Gasteiger partial charge in [0.25, 0.3) is 5.89 Å². The van der Waals surface area contributed by atoms with Crippen LogP contribution >= 0.6 is 23.2 Å². The Labute approximate surface area is 102 Å². The number of ether oxygens (including phenoxy) is 1. The highest BCUT2D eigenvalue weighted by Crippen LogP contribution is 2.26. The van der Waals surface area contributed by atoms with Crippen molar-refractivity contribution in [2.45, 2.75) is 13.5 Å². The fraction of sp³-hybridized carbons (Fsp3) is 0.200. The Morgan fingerprint density at radius 3 is 2.69 bits per heavy atom. The number of hydrogen-bond donors (Lipinski definition) is 0. The first kappa shape index (κ1) is 11.2. The predicted octanol–water partition coefficient (Wildman–Crippen LogP) is 3.26. The molecule has 0 saturated carbocycles. The molecule has 1 heterocycles. The molecule has 4 nitrogen and oxygen atoms in total. The Morgan fingerprint density at radius 1 is 1.25 bits per heavy atom. The summed E-state index contributed by atoms with van der Waals surface area (Å²) >= 11 is 11.6. The SMILES string of the molecule is Cc1nnc(COc2ccc(Cl)c(Cl)c2)o1. The Hall–Kier alpha value is -1.26. The van der Waals surface area contributed by atoms with Gasteiger partial charge in [-0.1, -0.05) is 23.2 Å². The van der Waals surface area contributed by atoms with Gasteiger partial charge in [-0.05, 0) is 12.1 Å². The molecule has 16 heavy (non-hydrogen) atoms. The summed E-state index contributed by atoms with van der Waals surface area (Å²) in [6.07, 6.45) is 0. The van der Waals surface area contributed by atoms with Gasteiger partial charge in [-0.3, -0.25) is 0 Å². The highest BCUT2D eigenvalue weighted by molar-refractivity contribution is 6.42. The summed E-state index contributed by atoms with van der Waals surface area (Å²) in [5, 5.41) is 8.42. The van der Waals surface area contributed by atoms with E-state index in [0.29, 0.717) is 27.6 Å². The van der Waals surface area contributed by atoms with Crippen molar-refractivity contribution in [2.24, 2.45) is 0 Å². The third kappa shape index (κ3) is 2.65. The second-order valence-electron chi connectivity index (χ2n) is 3.08. The molecule has 0 amide bonds. The van der Waals surface area contributed by atoms with Crippen LogP contribution in [0.4, 0.5) is 0 Å². The first-order valence-electron chi connectivity index (χ1n) is 4.52. The average molecular weight is 259 g/mol. The van der Waals surface area contributed by atoms with Crippen molar-refractivity contribution in [2.75, 3.05) is 0 Å². The van der Waals surface area contributed by atoms with Gasteiger partial charge in [0.15, 0.2) is 6.61 Å². The lowest BCUT2D eigenvalue weighted by Gasteiger charge is -2.04. The summed E-state index contributed by atoms with van der Waals surface area (Å²) in [6, 6.07) is 5.02. The van der Waals surface area contributed by atoms with Gasteiger partial charge in [-0.15, -0.1) is 10.2 Å². The van der Waals surface area contributed by atoms with Gasteiger partial charge < -0.3 is 9.15 Å². The van der Waals surface area contributed by atoms with Gasteiger partial charge in [0, 0.05) is 13.0 Å². The van der Waals surface area contributed by atoms with Crippen LogP contribution in [0.25, 0.3) is 0 Å². The lowest BCUT2D eigenvalue weighted by Crippen LogP contribution is -1.95. The first-order chi connectivity index (χ1) is 7.65. The van der Waals surface area contributed by atoms with Crippen molar-refractivity contribution in [3.8, 4) is 5.75 Å².